The van der Waals surface area contributed by atoms with Crippen molar-refractivity contribution in [3.8, 4) is 5.69 Å². The lowest BCUT2D eigenvalue weighted by atomic mass is 9.81. The van der Waals surface area contributed by atoms with Gasteiger partial charge in [-0.25, -0.2) is 0 Å². The number of hydrogen-bond donors (Lipinski definition) is 0. The summed E-state index contributed by atoms with van der Waals surface area (Å²) in [6.45, 7) is 6.66. The number of fused-ring (bicyclic) bond motifs is 3. The first-order chi connectivity index (χ1) is 14.1. The normalized spacial score (nSPS) is 22.2. The largest absolute Gasteiger partial charge is 0.340 e. The Morgan fingerprint density at radius 3 is 2.62 bits per heavy atom. The third kappa shape index (κ3) is 3.46. The van der Waals surface area contributed by atoms with E-state index in [9.17, 15) is 0 Å². The molecule has 1 aliphatic carbocycles. The maximum atomic E-state index is 6.31. The van der Waals surface area contributed by atoms with E-state index in [1.165, 1.54) is 5.56 Å². The first-order valence-electron chi connectivity index (χ1n) is 10.4. The molecule has 7 nitrogen and oxygen atoms in total. The second-order valence-corrected chi connectivity index (χ2v) is 8.54. The molecule has 0 spiro atoms. The van der Waals surface area contributed by atoms with Gasteiger partial charge in [0.15, 0.2) is 11.6 Å². The van der Waals surface area contributed by atoms with Crippen molar-refractivity contribution in [1.82, 2.24) is 29.8 Å². The van der Waals surface area contributed by atoms with Crippen LogP contribution < -0.4 is 0 Å². The molecule has 29 heavy (non-hydrogen) atoms. The molecule has 0 amide bonds. The number of benzene rings is 1. The van der Waals surface area contributed by atoms with Gasteiger partial charge in [-0.15, -0.1) is 10.2 Å². The third-order valence-electron chi connectivity index (χ3n) is 6.24. The van der Waals surface area contributed by atoms with Gasteiger partial charge in [0.25, 0.3) is 0 Å². The van der Waals surface area contributed by atoms with Crippen LogP contribution in [0.4, 0.5) is 0 Å². The zero-order valence-electron chi connectivity index (χ0n) is 16.8. The number of aromatic nitrogens is 5. The molecular formula is C21H25ClN6O. The molecule has 3 aromatic rings. The summed E-state index contributed by atoms with van der Waals surface area (Å²) in [7, 11) is 0. The lowest BCUT2D eigenvalue weighted by Gasteiger charge is -2.26. The summed E-state index contributed by atoms with van der Waals surface area (Å²) in [6.07, 6.45) is 4.19. The standard InChI is InChI=1S/C21H25ClN6O/c1-3-27-11-16-10-17(22)8-9-18(16)28-19(12-27)24-25-21(28)15-6-4-14(5-7-15)20-23-13(2)29-26-20/h8-10,14-15H,3-7,11-12H2,1-2H3/t14-,15-. The molecule has 2 aliphatic rings. The van der Waals surface area contributed by atoms with E-state index in [0.717, 1.165) is 73.5 Å². The molecule has 0 unspecified atom stereocenters. The van der Waals surface area contributed by atoms with Crippen LogP contribution in [0.3, 0.4) is 0 Å². The molecule has 2 aromatic heterocycles. The minimum atomic E-state index is 0.372. The van der Waals surface area contributed by atoms with Crippen LogP contribution in [0.1, 0.15) is 73.4 Å². The van der Waals surface area contributed by atoms with Crippen molar-refractivity contribution in [2.75, 3.05) is 6.54 Å². The molecule has 0 bridgehead atoms. The van der Waals surface area contributed by atoms with E-state index < -0.39 is 0 Å². The van der Waals surface area contributed by atoms with Crippen LogP contribution in [-0.2, 0) is 13.1 Å². The molecule has 1 saturated carbocycles. The van der Waals surface area contributed by atoms with Crippen molar-refractivity contribution in [3.05, 3.63) is 52.1 Å². The molecule has 0 radical (unpaired) electrons. The Hall–Kier alpha value is -2.25. The summed E-state index contributed by atoms with van der Waals surface area (Å²) in [5.74, 6) is 4.33. The fourth-order valence-corrected chi connectivity index (χ4v) is 4.86. The molecule has 0 atom stereocenters. The summed E-state index contributed by atoms with van der Waals surface area (Å²) < 4.78 is 7.45. The lowest BCUT2D eigenvalue weighted by molar-refractivity contribution is 0.268. The van der Waals surface area contributed by atoms with Gasteiger partial charge in [-0.2, -0.15) is 4.98 Å². The Morgan fingerprint density at radius 1 is 1.10 bits per heavy atom. The van der Waals surface area contributed by atoms with E-state index in [4.69, 9.17) is 16.1 Å². The van der Waals surface area contributed by atoms with E-state index in [1.807, 2.05) is 13.0 Å². The van der Waals surface area contributed by atoms with Gasteiger partial charge in [-0.05, 0) is 56.0 Å². The molecule has 5 rings (SSSR count). The fraction of sp³-hybridized carbons (Fsp3) is 0.524. The summed E-state index contributed by atoms with van der Waals surface area (Å²) in [6, 6.07) is 6.15. The van der Waals surface area contributed by atoms with Crippen molar-refractivity contribution in [3.63, 3.8) is 0 Å². The lowest BCUT2D eigenvalue weighted by Crippen LogP contribution is -2.21. The van der Waals surface area contributed by atoms with Gasteiger partial charge >= 0.3 is 0 Å². The van der Waals surface area contributed by atoms with Gasteiger partial charge in [-0.1, -0.05) is 23.7 Å². The minimum Gasteiger partial charge on any atom is -0.340 e. The smallest absolute Gasteiger partial charge is 0.223 e. The fourth-order valence-electron chi connectivity index (χ4n) is 4.67. The van der Waals surface area contributed by atoms with Crippen LogP contribution in [-0.4, -0.2) is 36.3 Å². The van der Waals surface area contributed by atoms with E-state index >= 15 is 0 Å². The molecule has 3 heterocycles. The Balaban J connectivity index is 1.45. The maximum Gasteiger partial charge on any atom is 0.223 e. The maximum absolute atomic E-state index is 6.31. The van der Waals surface area contributed by atoms with Crippen molar-refractivity contribution >= 4 is 11.6 Å². The van der Waals surface area contributed by atoms with E-state index in [0.29, 0.717) is 17.7 Å². The van der Waals surface area contributed by atoms with E-state index in [-0.39, 0.29) is 0 Å². The van der Waals surface area contributed by atoms with Crippen molar-refractivity contribution < 1.29 is 4.52 Å². The Morgan fingerprint density at radius 2 is 1.90 bits per heavy atom. The molecular weight excluding hydrogens is 388 g/mol. The van der Waals surface area contributed by atoms with E-state index in [1.54, 1.807) is 0 Å². The Bertz CT molecular complexity index is 1020. The Labute approximate surface area is 175 Å². The van der Waals surface area contributed by atoms with Crippen LogP contribution in [0.15, 0.2) is 22.7 Å². The average molecular weight is 413 g/mol. The third-order valence-corrected chi connectivity index (χ3v) is 6.48. The topological polar surface area (TPSA) is 72.9 Å². The summed E-state index contributed by atoms with van der Waals surface area (Å²) in [5.41, 5.74) is 2.39. The zero-order valence-corrected chi connectivity index (χ0v) is 17.6. The van der Waals surface area contributed by atoms with Crippen LogP contribution in [0.5, 0.6) is 0 Å². The van der Waals surface area contributed by atoms with Crippen LogP contribution in [0.2, 0.25) is 5.02 Å². The Kier molecular flexibility index (Phi) is 4.87. The van der Waals surface area contributed by atoms with Crippen LogP contribution >= 0.6 is 11.6 Å². The first kappa shape index (κ1) is 18.8. The molecule has 1 aliphatic heterocycles. The van der Waals surface area contributed by atoms with E-state index in [2.05, 4.69) is 48.9 Å². The number of hydrogen-bond acceptors (Lipinski definition) is 6. The molecule has 152 valence electrons. The highest BCUT2D eigenvalue weighted by Crippen LogP contribution is 2.40. The quantitative estimate of drug-likeness (QED) is 0.635. The van der Waals surface area contributed by atoms with Gasteiger partial charge < -0.3 is 4.52 Å². The molecule has 8 heteroatoms. The van der Waals surface area contributed by atoms with Crippen LogP contribution in [0.25, 0.3) is 5.69 Å². The second kappa shape index (κ2) is 7.54. The van der Waals surface area contributed by atoms with Gasteiger partial charge in [-0.3, -0.25) is 9.47 Å². The predicted octanol–water partition coefficient (Wildman–Crippen LogP) is 4.39. The van der Waals surface area contributed by atoms with Crippen LogP contribution in [0, 0.1) is 6.92 Å². The average Bonchev–Trinajstić information content (AvgIpc) is 3.31. The van der Waals surface area contributed by atoms with Crippen molar-refractivity contribution in [2.24, 2.45) is 0 Å². The highest BCUT2D eigenvalue weighted by molar-refractivity contribution is 6.30. The van der Waals surface area contributed by atoms with Crippen molar-refractivity contribution in [1.29, 1.82) is 0 Å². The SMILES string of the molecule is CCN1Cc2cc(Cl)ccc2-n2c(nnc2[C@H]2CC[C@H](c3noc(C)n3)CC2)C1. The second-order valence-electron chi connectivity index (χ2n) is 8.11. The first-order valence-corrected chi connectivity index (χ1v) is 10.8. The van der Waals surface area contributed by atoms with Gasteiger partial charge in [0.05, 0.1) is 12.2 Å². The molecule has 0 saturated heterocycles. The number of aryl methyl sites for hydroxylation is 1. The molecule has 1 fully saturated rings. The molecule has 0 N–H and O–H groups in total. The van der Waals surface area contributed by atoms with Gasteiger partial charge in [0.2, 0.25) is 5.89 Å². The van der Waals surface area contributed by atoms with Gasteiger partial charge in [0.1, 0.15) is 5.82 Å². The number of halogens is 1. The number of rotatable bonds is 3. The predicted molar refractivity (Wildman–Crippen MR) is 109 cm³/mol. The monoisotopic (exact) mass is 412 g/mol. The van der Waals surface area contributed by atoms with Gasteiger partial charge in [0, 0.05) is 30.3 Å². The molecule has 1 aromatic carbocycles. The summed E-state index contributed by atoms with van der Waals surface area (Å²) in [5, 5.41) is 14.1. The highest BCUT2D eigenvalue weighted by atomic mass is 35.5. The zero-order chi connectivity index (χ0) is 20.0. The number of nitrogens with zero attached hydrogens (tertiary/aromatic N) is 6. The summed E-state index contributed by atoms with van der Waals surface area (Å²) in [4.78, 5) is 6.81. The summed E-state index contributed by atoms with van der Waals surface area (Å²) >= 11 is 6.31. The van der Waals surface area contributed by atoms with Crippen molar-refractivity contribution in [2.45, 2.75) is 64.5 Å². The highest BCUT2D eigenvalue weighted by Gasteiger charge is 2.32. The minimum absolute atomic E-state index is 0.372.